The molecule has 0 N–H and O–H groups in total. The van der Waals surface area contributed by atoms with Crippen LogP contribution in [-0.2, 0) is 17.1 Å². The van der Waals surface area contributed by atoms with Crippen LogP contribution in [-0.4, -0.2) is 54.3 Å². The predicted octanol–water partition coefficient (Wildman–Crippen LogP) is 2.44. The highest BCUT2D eigenvalue weighted by Gasteiger charge is 2.30. The van der Waals surface area contributed by atoms with Crippen LogP contribution in [0.4, 0.5) is 0 Å². The molecular weight excluding hydrogens is 402 g/mol. The van der Waals surface area contributed by atoms with Gasteiger partial charge in [-0.1, -0.05) is 13.8 Å². The van der Waals surface area contributed by atoms with Gasteiger partial charge in [0.15, 0.2) is 0 Å². The Morgan fingerprint density at radius 3 is 2.33 bits per heavy atom. The van der Waals surface area contributed by atoms with E-state index in [1.165, 1.54) is 10.4 Å². The average molecular weight is 432 g/mol. The van der Waals surface area contributed by atoms with Crippen molar-refractivity contribution in [3.05, 3.63) is 40.2 Å². The van der Waals surface area contributed by atoms with Crippen LogP contribution in [0.5, 0.6) is 0 Å². The normalized spacial score (nSPS) is 23.2. The molecule has 0 spiro atoms. The van der Waals surface area contributed by atoms with E-state index in [0.29, 0.717) is 43.5 Å². The minimum atomic E-state index is -3.64. The molecule has 0 aliphatic carbocycles. The molecule has 2 atom stereocenters. The van der Waals surface area contributed by atoms with E-state index in [-0.39, 0.29) is 21.8 Å². The highest BCUT2D eigenvalue weighted by Crippen LogP contribution is 2.25. The molecular formula is C22H29N3O4S. The van der Waals surface area contributed by atoms with Gasteiger partial charge in [0, 0.05) is 44.8 Å². The molecule has 0 saturated carbocycles. The van der Waals surface area contributed by atoms with Crippen LogP contribution >= 0.6 is 0 Å². The Morgan fingerprint density at radius 1 is 1.07 bits per heavy atom. The van der Waals surface area contributed by atoms with Crippen molar-refractivity contribution < 1.29 is 13.2 Å². The van der Waals surface area contributed by atoms with Crippen molar-refractivity contribution >= 4 is 26.8 Å². The predicted molar refractivity (Wildman–Crippen MR) is 116 cm³/mol. The SMILES string of the molecule is CC1CC(C)CN(C(=O)c2cn(C)c3ccc(S(=O)(=O)N4CCCC4)cc3c2=O)C1. The van der Waals surface area contributed by atoms with Gasteiger partial charge >= 0.3 is 0 Å². The molecule has 2 saturated heterocycles. The van der Waals surface area contributed by atoms with Crippen LogP contribution in [0.25, 0.3) is 10.9 Å². The molecule has 30 heavy (non-hydrogen) atoms. The Labute approximate surface area is 177 Å². The van der Waals surface area contributed by atoms with E-state index in [1.807, 2.05) is 0 Å². The third-order valence-corrected chi connectivity index (χ3v) is 8.14. The zero-order valence-electron chi connectivity index (χ0n) is 17.8. The number of rotatable bonds is 3. The molecule has 2 aromatic rings. The molecule has 2 aliphatic heterocycles. The average Bonchev–Trinajstić information content (AvgIpc) is 3.25. The number of carbonyl (C=O) groups is 1. The topological polar surface area (TPSA) is 79.7 Å². The Balaban J connectivity index is 1.78. The molecule has 162 valence electrons. The maximum Gasteiger partial charge on any atom is 0.259 e. The minimum Gasteiger partial charge on any atom is -0.350 e. The Kier molecular flexibility index (Phi) is 5.48. The summed E-state index contributed by atoms with van der Waals surface area (Å²) < 4.78 is 29.1. The first-order valence-corrected chi connectivity index (χ1v) is 12.1. The van der Waals surface area contributed by atoms with Crippen LogP contribution < -0.4 is 5.43 Å². The Morgan fingerprint density at radius 2 is 1.70 bits per heavy atom. The van der Waals surface area contributed by atoms with E-state index in [2.05, 4.69) is 13.8 Å². The second-order valence-electron chi connectivity index (χ2n) is 8.93. The third kappa shape index (κ3) is 3.67. The van der Waals surface area contributed by atoms with Crippen molar-refractivity contribution in [3.8, 4) is 0 Å². The molecule has 1 amide bonds. The first kappa shape index (κ1) is 21.1. The van der Waals surface area contributed by atoms with Crippen molar-refractivity contribution in [2.75, 3.05) is 26.2 Å². The van der Waals surface area contributed by atoms with Gasteiger partial charge in [0.05, 0.1) is 10.4 Å². The van der Waals surface area contributed by atoms with Gasteiger partial charge in [0.25, 0.3) is 5.91 Å². The molecule has 2 unspecified atom stereocenters. The molecule has 2 aliphatic rings. The fourth-order valence-corrected chi connectivity index (χ4v) is 6.40. The van der Waals surface area contributed by atoms with Crippen LogP contribution in [0.15, 0.2) is 34.1 Å². The monoisotopic (exact) mass is 431 g/mol. The number of hydrogen-bond donors (Lipinski definition) is 0. The number of piperidine rings is 1. The third-order valence-electron chi connectivity index (χ3n) is 6.25. The molecule has 0 bridgehead atoms. The standard InChI is InChI=1S/C22H29N3O4S/c1-15-10-16(2)13-24(12-15)22(27)19-14-23(3)20-7-6-17(11-18(20)21(19)26)30(28,29)25-8-4-5-9-25/h6-7,11,14-16H,4-5,8-10,12-13H2,1-3H3. The molecule has 1 aromatic heterocycles. The number of aryl methyl sites for hydroxylation is 1. The van der Waals surface area contributed by atoms with Crippen molar-refractivity contribution in [1.82, 2.24) is 13.8 Å². The van der Waals surface area contributed by atoms with Gasteiger partial charge in [-0.25, -0.2) is 8.42 Å². The number of pyridine rings is 1. The number of benzene rings is 1. The van der Waals surface area contributed by atoms with E-state index < -0.39 is 15.5 Å². The maximum absolute atomic E-state index is 13.3. The van der Waals surface area contributed by atoms with Gasteiger partial charge in [-0.3, -0.25) is 9.59 Å². The lowest BCUT2D eigenvalue weighted by Crippen LogP contribution is -2.44. The summed E-state index contributed by atoms with van der Waals surface area (Å²) in [5.41, 5.74) is 0.303. The number of aromatic nitrogens is 1. The van der Waals surface area contributed by atoms with E-state index >= 15 is 0 Å². The summed E-state index contributed by atoms with van der Waals surface area (Å²) in [5, 5.41) is 0.265. The van der Waals surface area contributed by atoms with Crippen LogP contribution in [0, 0.1) is 11.8 Å². The number of nitrogens with zero attached hydrogens (tertiary/aromatic N) is 3. The van der Waals surface area contributed by atoms with E-state index in [4.69, 9.17) is 0 Å². The fourth-order valence-electron chi connectivity index (χ4n) is 4.86. The summed E-state index contributed by atoms with van der Waals surface area (Å²) in [6.45, 7) is 6.50. The maximum atomic E-state index is 13.3. The number of fused-ring (bicyclic) bond motifs is 1. The van der Waals surface area contributed by atoms with E-state index in [9.17, 15) is 18.0 Å². The van der Waals surface area contributed by atoms with Crippen molar-refractivity contribution in [1.29, 1.82) is 0 Å². The van der Waals surface area contributed by atoms with Crippen LogP contribution in [0.3, 0.4) is 0 Å². The van der Waals surface area contributed by atoms with Gasteiger partial charge < -0.3 is 9.47 Å². The summed E-state index contributed by atoms with van der Waals surface area (Å²) in [4.78, 5) is 28.3. The van der Waals surface area contributed by atoms with Crippen molar-refractivity contribution in [2.24, 2.45) is 18.9 Å². The second-order valence-corrected chi connectivity index (χ2v) is 10.9. The van der Waals surface area contributed by atoms with Gasteiger partial charge in [-0.15, -0.1) is 0 Å². The molecule has 3 heterocycles. The lowest BCUT2D eigenvalue weighted by atomic mass is 9.91. The van der Waals surface area contributed by atoms with E-state index in [0.717, 1.165) is 19.3 Å². The minimum absolute atomic E-state index is 0.0991. The largest absolute Gasteiger partial charge is 0.350 e. The summed E-state index contributed by atoms with van der Waals surface area (Å²) in [6.07, 6.45) is 4.34. The number of carbonyl (C=O) groups excluding carboxylic acids is 1. The lowest BCUT2D eigenvalue weighted by molar-refractivity contribution is 0.0621. The highest BCUT2D eigenvalue weighted by atomic mass is 32.2. The molecule has 1 aromatic carbocycles. The number of sulfonamides is 1. The van der Waals surface area contributed by atoms with Gasteiger partial charge in [-0.2, -0.15) is 4.31 Å². The van der Waals surface area contributed by atoms with Gasteiger partial charge in [-0.05, 0) is 49.3 Å². The molecule has 0 radical (unpaired) electrons. The number of amides is 1. The number of likely N-dealkylation sites (tertiary alicyclic amines) is 1. The first-order valence-electron chi connectivity index (χ1n) is 10.6. The quantitative estimate of drug-likeness (QED) is 0.748. The zero-order chi connectivity index (χ0) is 21.6. The van der Waals surface area contributed by atoms with Gasteiger partial charge in [0.2, 0.25) is 15.5 Å². The molecule has 2 fully saturated rings. The summed E-state index contributed by atoms with van der Waals surface area (Å²) in [5.74, 6) is 0.502. The molecule has 8 heteroatoms. The Hall–Kier alpha value is -2.19. The van der Waals surface area contributed by atoms with Crippen molar-refractivity contribution in [2.45, 2.75) is 38.0 Å². The Bertz CT molecular complexity index is 1140. The molecule has 7 nitrogen and oxygen atoms in total. The smallest absolute Gasteiger partial charge is 0.259 e. The summed E-state index contributed by atoms with van der Waals surface area (Å²) in [7, 11) is -1.87. The highest BCUT2D eigenvalue weighted by molar-refractivity contribution is 7.89. The van der Waals surface area contributed by atoms with E-state index in [1.54, 1.807) is 34.8 Å². The van der Waals surface area contributed by atoms with Gasteiger partial charge in [0.1, 0.15) is 5.56 Å². The second kappa shape index (κ2) is 7.81. The lowest BCUT2D eigenvalue weighted by Gasteiger charge is -2.35. The molecule has 4 rings (SSSR count). The summed E-state index contributed by atoms with van der Waals surface area (Å²) >= 11 is 0. The van der Waals surface area contributed by atoms with Crippen LogP contribution in [0.2, 0.25) is 0 Å². The summed E-state index contributed by atoms with van der Waals surface area (Å²) in [6, 6.07) is 4.63. The zero-order valence-corrected chi connectivity index (χ0v) is 18.6. The first-order chi connectivity index (χ1) is 14.2. The van der Waals surface area contributed by atoms with Crippen LogP contribution in [0.1, 0.15) is 43.5 Å². The fraction of sp³-hybridized carbons (Fsp3) is 0.545. The van der Waals surface area contributed by atoms with Crippen molar-refractivity contribution in [3.63, 3.8) is 0 Å². The number of hydrogen-bond acceptors (Lipinski definition) is 4.